The van der Waals surface area contributed by atoms with Gasteiger partial charge in [-0.2, -0.15) is 5.10 Å². The number of amides is 1. The lowest BCUT2D eigenvalue weighted by Gasteiger charge is -2.00. The molecule has 0 fully saturated rings. The summed E-state index contributed by atoms with van der Waals surface area (Å²) in [6.45, 7) is 1.78. The second-order valence-electron chi connectivity index (χ2n) is 4.05. The molecule has 1 aromatic heterocycles. The van der Waals surface area contributed by atoms with Crippen LogP contribution >= 0.6 is 11.6 Å². The van der Waals surface area contributed by atoms with Crippen LogP contribution < -0.4 is 5.43 Å². The summed E-state index contributed by atoms with van der Waals surface area (Å²) in [6.07, 6.45) is 5.11. The highest BCUT2D eigenvalue weighted by molar-refractivity contribution is 6.30. The summed E-state index contributed by atoms with van der Waals surface area (Å²) in [5, 5.41) is 4.49. The SMILES string of the molecule is CC(/C=C/c1ccco1)=N/NC(=O)c1cccc(Cl)c1. The summed E-state index contributed by atoms with van der Waals surface area (Å²) in [5.74, 6) is 0.416. The number of halogens is 1. The smallest absolute Gasteiger partial charge is 0.271 e. The van der Waals surface area contributed by atoms with Gasteiger partial charge in [-0.05, 0) is 49.4 Å². The van der Waals surface area contributed by atoms with Crippen molar-refractivity contribution in [3.8, 4) is 0 Å². The van der Waals surface area contributed by atoms with Crippen LogP contribution in [0.15, 0.2) is 58.3 Å². The molecule has 4 nitrogen and oxygen atoms in total. The Morgan fingerprint density at radius 2 is 2.20 bits per heavy atom. The van der Waals surface area contributed by atoms with Crippen molar-refractivity contribution in [3.05, 3.63) is 65.1 Å². The van der Waals surface area contributed by atoms with Crippen molar-refractivity contribution in [1.82, 2.24) is 5.43 Å². The molecule has 0 spiro atoms. The van der Waals surface area contributed by atoms with Gasteiger partial charge in [0.25, 0.3) is 5.91 Å². The van der Waals surface area contributed by atoms with Gasteiger partial charge in [0.05, 0.1) is 12.0 Å². The monoisotopic (exact) mass is 288 g/mol. The Morgan fingerprint density at radius 1 is 1.35 bits per heavy atom. The maximum absolute atomic E-state index is 11.8. The zero-order chi connectivity index (χ0) is 14.4. The van der Waals surface area contributed by atoms with Crippen LogP contribution in [0.4, 0.5) is 0 Å². The van der Waals surface area contributed by atoms with Gasteiger partial charge in [-0.3, -0.25) is 4.79 Å². The van der Waals surface area contributed by atoms with Crippen molar-refractivity contribution in [2.24, 2.45) is 5.10 Å². The van der Waals surface area contributed by atoms with Crippen molar-refractivity contribution in [1.29, 1.82) is 0 Å². The van der Waals surface area contributed by atoms with E-state index < -0.39 is 0 Å². The van der Waals surface area contributed by atoms with Crippen molar-refractivity contribution >= 4 is 29.3 Å². The number of hydrazone groups is 1. The second-order valence-corrected chi connectivity index (χ2v) is 4.49. The molecular formula is C15H13ClN2O2. The zero-order valence-corrected chi connectivity index (χ0v) is 11.6. The third kappa shape index (κ3) is 4.10. The number of carbonyl (C=O) groups is 1. The molecule has 0 saturated carbocycles. The van der Waals surface area contributed by atoms with Gasteiger partial charge >= 0.3 is 0 Å². The summed E-state index contributed by atoms with van der Waals surface area (Å²) in [7, 11) is 0. The molecule has 1 heterocycles. The van der Waals surface area contributed by atoms with Gasteiger partial charge in [-0.1, -0.05) is 17.7 Å². The molecule has 2 aromatic rings. The average Bonchev–Trinajstić information content (AvgIpc) is 2.95. The van der Waals surface area contributed by atoms with E-state index in [1.54, 1.807) is 55.7 Å². The van der Waals surface area contributed by atoms with Gasteiger partial charge in [-0.15, -0.1) is 0 Å². The minimum absolute atomic E-state index is 0.307. The first-order valence-corrected chi connectivity index (χ1v) is 6.35. The third-order valence-electron chi connectivity index (χ3n) is 2.45. The number of allylic oxidation sites excluding steroid dienone is 1. The molecule has 0 aliphatic rings. The van der Waals surface area contributed by atoms with Gasteiger partial charge in [-0.25, -0.2) is 5.43 Å². The molecule has 0 radical (unpaired) electrons. The van der Waals surface area contributed by atoms with E-state index in [0.717, 1.165) is 5.76 Å². The van der Waals surface area contributed by atoms with Gasteiger partial charge in [0.2, 0.25) is 0 Å². The maximum Gasteiger partial charge on any atom is 0.271 e. The number of hydrogen-bond donors (Lipinski definition) is 1. The summed E-state index contributed by atoms with van der Waals surface area (Å²) < 4.78 is 5.15. The van der Waals surface area contributed by atoms with E-state index in [1.807, 2.05) is 6.07 Å². The van der Waals surface area contributed by atoms with Crippen LogP contribution in [0.1, 0.15) is 23.0 Å². The van der Waals surface area contributed by atoms with Crippen LogP contribution in [0.5, 0.6) is 0 Å². The highest BCUT2D eigenvalue weighted by atomic mass is 35.5. The Morgan fingerprint density at radius 3 is 2.90 bits per heavy atom. The molecule has 0 unspecified atom stereocenters. The fourth-order valence-corrected chi connectivity index (χ4v) is 1.65. The fourth-order valence-electron chi connectivity index (χ4n) is 1.46. The van der Waals surface area contributed by atoms with E-state index >= 15 is 0 Å². The first kappa shape index (κ1) is 14.1. The molecule has 102 valence electrons. The number of hydrogen-bond acceptors (Lipinski definition) is 3. The predicted octanol–water partition coefficient (Wildman–Crippen LogP) is 3.75. The quantitative estimate of drug-likeness (QED) is 0.688. The Hall–Kier alpha value is -2.33. The van der Waals surface area contributed by atoms with E-state index in [-0.39, 0.29) is 5.91 Å². The molecule has 0 aliphatic carbocycles. The summed E-state index contributed by atoms with van der Waals surface area (Å²) in [5.41, 5.74) is 3.58. The van der Waals surface area contributed by atoms with Crippen LogP contribution in [-0.2, 0) is 0 Å². The molecule has 1 N–H and O–H groups in total. The number of nitrogens with one attached hydrogen (secondary N) is 1. The van der Waals surface area contributed by atoms with Crippen LogP contribution in [0, 0.1) is 0 Å². The normalized spacial score (nSPS) is 11.8. The van der Waals surface area contributed by atoms with Crippen LogP contribution in [-0.4, -0.2) is 11.6 Å². The molecule has 0 atom stereocenters. The summed E-state index contributed by atoms with van der Waals surface area (Å²) >= 11 is 5.82. The number of furan rings is 1. The molecule has 0 aliphatic heterocycles. The van der Waals surface area contributed by atoms with Crippen LogP contribution in [0.3, 0.4) is 0 Å². The molecule has 2 rings (SSSR count). The van der Waals surface area contributed by atoms with Crippen LogP contribution in [0.2, 0.25) is 5.02 Å². The van der Waals surface area contributed by atoms with Crippen molar-refractivity contribution < 1.29 is 9.21 Å². The van der Waals surface area contributed by atoms with E-state index in [9.17, 15) is 4.79 Å². The lowest BCUT2D eigenvalue weighted by molar-refractivity contribution is 0.0955. The highest BCUT2D eigenvalue weighted by Gasteiger charge is 2.04. The van der Waals surface area contributed by atoms with Crippen molar-refractivity contribution in [3.63, 3.8) is 0 Å². The van der Waals surface area contributed by atoms with E-state index in [4.69, 9.17) is 16.0 Å². The third-order valence-corrected chi connectivity index (χ3v) is 2.69. The van der Waals surface area contributed by atoms with Gasteiger partial charge in [0, 0.05) is 10.6 Å². The topological polar surface area (TPSA) is 54.6 Å². The van der Waals surface area contributed by atoms with Crippen molar-refractivity contribution in [2.75, 3.05) is 0 Å². The minimum Gasteiger partial charge on any atom is -0.465 e. The van der Waals surface area contributed by atoms with Gasteiger partial charge in [0.15, 0.2) is 0 Å². The Balaban J connectivity index is 1.96. The van der Waals surface area contributed by atoms with Gasteiger partial charge < -0.3 is 4.42 Å². The number of benzene rings is 1. The average molecular weight is 289 g/mol. The Labute approximate surface area is 121 Å². The first-order chi connectivity index (χ1) is 9.65. The minimum atomic E-state index is -0.307. The molecule has 1 amide bonds. The van der Waals surface area contributed by atoms with Crippen LogP contribution in [0.25, 0.3) is 6.08 Å². The molecule has 5 heteroatoms. The number of rotatable bonds is 4. The molecule has 0 bridgehead atoms. The fraction of sp³-hybridized carbons (Fsp3) is 0.0667. The summed E-state index contributed by atoms with van der Waals surface area (Å²) in [6, 6.07) is 10.3. The molecule has 20 heavy (non-hydrogen) atoms. The predicted molar refractivity (Wildman–Crippen MR) is 79.8 cm³/mol. The summed E-state index contributed by atoms with van der Waals surface area (Å²) in [4.78, 5) is 11.8. The number of nitrogens with zero attached hydrogens (tertiary/aromatic N) is 1. The second kappa shape index (κ2) is 6.73. The zero-order valence-electron chi connectivity index (χ0n) is 10.8. The maximum atomic E-state index is 11.8. The lowest BCUT2D eigenvalue weighted by atomic mass is 10.2. The first-order valence-electron chi connectivity index (χ1n) is 5.97. The molecule has 1 aromatic carbocycles. The molecule has 0 saturated heterocycles. The standard InChI is InChI=1S/C15H13ClN2O2/c1-11(7-8-14-6-3-9-20-14)17-18-15(19)12-4-2-5-13(16)10-12/h2-10H,1H3,(H,18,19)/b8-7+,17-11-. The van der Waals surface area contributed by atoms with Crippen molar-refractivity contribution in [2.45, 2.75) is 6.92 Å². The van der Waals surface area contributed by atoms with E-state index in [2.05, 4.69) is 10.5 Å². The number of carbonyl (C=O) groups excluding carboxylic acids is 1. The van der Waals surface area contributed by atoms with Gasteiger partial charge in [0.1, 0.15) is 5.76 Å². The Kier molecular flexibility index (Phi) is 4.74. The van der Waals surface area contributed by atoms with E-state index in [1.165, 1.54) is 0 Å². The Bertz CT molecular complexity index is 646. The molecular weight excluding hydrogens is 276 g/mol. The largest absolute Gasteiger partial charge is 0.465 e. The van der Waals surface area contributed by atoms with E-state index in [0.29, 0.717) is 16.3 Å². The lowest BCUT2D eigenvalue weighted by Crippen LogP contribution is -2.18. The highest BCUT2D eigenvalue weighted by Crippen LogP contribution is 2.10.